The van der Waals surface area contributed by atoms with Crippen LogP contribution in [0.1, 0.15) is 62.0 Å². The normalized spacial score (nSPS) is 28.1. The molecular formula is C28H34ClN5O2. The summed E-state index contributed by atoms with van der Waals surface area (Å²) in [5.41, 5.74) is 3.92. The lowest BCUT2D eigenvalue weighted by atomic mass is 9.79. The third kappa shape index (κ3) is 4.41. The van der Waals surface area contributed by atoms with Gasteiger partial charge in [-0.15, -0.1) is 0 Å². The van der Waals surface area contributed by atoms with Crippen LogP contribution in [0.5, 0.6) is 0 Å². The zero-order chi connectivity index (χ0) is 24.8. The molecule has 6 rings (SSSR count). The molecule has 4 aliphatic heterocycles. The van der Waals surface area contributed by atoms with E-state index in [4.69, 9.17) is 31.3 Å². The van der Waals surface area contributed by atoms with Crippen LogP contribution in [0, 0.1) is 18.8 Å². The van der Waals surface area contributed by atoms with Crippen molar-refractivity contribution < 1.29 is 9.53 Å². The van der Waals surface area contributed by atoms with Gasteiger partial charge in [0.15, 0.2) is 5.82 Å². The Morgan fingerprint density at radius 1 is 1.17 bits per heavy atom. The first-order valence-corrected chi connectivity index (χ1v) is 13.7. The molecule has 0 N–H and O–H groups in total. The topological polar surface area (TPSA) is 70.9 Å². The Kier molecular flexibility index (Phi) is 6.46. The van der Waals surface area contributed by atoms with E-state index >= 15 is 0 Å². The molecule has 0 radical (unpaired) electrons. The van der Waals surface area contributed by atoms with Crippen LogP contribution in [0.4, 0.5) is 11.5 Å². The summed E-state index contributed by atoms with van der Waals surface area (Å²) in [6, 6.07) is 8.26. The number of halogens is 1. The predicted octanol–water partition coefficient (Wildman–Crippen LogP) is 4.92. The van der Waals surface area contributed by atoms with Crippen molar-refractivity contribution in [3.05, 3.63) is 46.4 Å². The van der Waals surface area contributed by atoms with E-state index in [1.54, 1.807) is 0 Å². The Bertz CT molecular complexity index is 1190. The van der Waals surface area contributed by atoms with Gasteiger partial charge in [-0.3, -0.25) is 4.79 Å². The highest BCUT2D eigenvalue weighted by molar-refractivity contribution is 6.34. The second-order valence-corrected chi connectivity index (χ2v) is 11.2. The van der Waals surface area contributed by atoms with E-state index in [1.165, 1.54) is 0 Å². The van der Waals surface area contributed by atoms with Gasteiger partial charge in [0, 0.05) is 61.8 Å². The summed E-state index contributed by atoms with van der Waals surface area (Å²) in [5.74, 6) is 3.15. The van der Waals surface area contributed by atoms with Crippen molar-refractivity contribution in [3.8, 4) is 0 Å². The molecule has 7 nitrogen and oxygen atoms in total. The summed E-state index contributed by atoms with van der Waals surface area (Å²) in [7, 11) is 0. The summed E-state index contributed by atoms with van der Waals surface area (Å²) in [5, 5.41) is 0.725. The number of hydrogen-bond acceptors (Lipinski definition) is 6. The predicted molar refractivity (Wildman–Crippen MR) is 141 cm³/mol. The average molecular weight is 508 g/mol. The number of benzene rings is 1. The molecule has 0 spiro atoms. The molecule has 2 aromatic rings. The number of hydrogen-bond donors (Lipinski definition) is 0. The van der Waals surface area contributed by atoms with Gasteiger partial charge < -0.3 is 14.5 Å². The van der Waals surface area contributed by atoms with Gasteiger partial charge in [-0.25, -0.2) is 15.0 Å². The molecule has 0 bridgehead atoms. The number of ether oxygens (including phenoxy) is 1. The molecule has 1 aromatic heterocycles. The lowest BCUT2D eigenvalue weighted by molar-refractivity contribution is -0.129. The monoisotopic (exact) mass is 507 g/mol. The Morgan fingerprint density at radius 2 is 2.03 bits per heavy atom. The Hall–Kier alpha value is -2.51. The van der Waals surface area contributed by atoms with E-state index in [2.05, 4.69) is 17.9 Å². The van der Waals surface area contributed by atoms with Crippen molar-refractivity contribution >= 4 is 34.7 Å². The fourth-order valence-corrected chi connectivity index (χ4v) is 6.70. The van der Waals surface area contributed by atoms with Crippen molar-refractivity contribution in [2.45, 2.75) is 57.9 Å². The minimum atomic E-state index is 0.235. The first-order valence-electron chi connectivity index (χ1n) is 13.3. The maximum Gasteiger partial charge on any atom is 0.223 e. The number of rotatable bonds is 4. The first-order chi connectivity index (χ1) is 17.5. The number of anilines is 1. The number of carbonyl (C=O) groups excluding carboxylic acids is 1. The summed E-state index contributed by atoms with van der Waals surface area (Å²) in [4.78, 5) is 31.9. The zero-order valence-corrected chi connectivity index (χ0v) is 21.9. The van der Waals surface area contributed by atoms with Crippen LogP contribution >= 0.6 is 11.6 Å². The van der Waals surface area contributed by atoms with Gasteiger partial charge in [0.05, 0.1) is 11.4 Å². The van der Waals surface area contributed by atoms with Gasteiger partial charge in [-0.1, -0.05) is 36.7 Å². The highest BCUT2D eigenvalue weighted by atomic mass is 35.5. The second kappa shape index (κ2) is 9.75. The molecule has 8 heteroatoms. The van der Waals surface area contributed by atoms with E-state index in [0.717, 1.165) is 97.9 Å². The average Bonchev–Trinajstić information content (AvgIpc) is 3.50. The first kappa shape index (κ1) is 23.9. The highest BCUT2D eigenvalue weighted by Crippen LogP contribution is 2.45. The smallest absolute Gasteiger partial charge is 0.223 e. The van der Waals surface area contributed by atoms with Gasteiger partial charge >= 0.3 is 0 Å². The largest absolute Gasteiger partial charge is 0.381 e. The Labute approximate surface area is 217 Å². The SMILES string of the molecule is Cc1nc2c(c(N3CCN4C(=O)CCC4C3)n1)N=C(c1ccccc1Cl)CC(CC1CCOC1)C2C. The van der Waals surface area contributed by atoms with E-state index in [9.17, 15) is 4.79 Å². The summed E-state index contributed by atoms with van der Waals surface area (Å²) < 4.78 is 5.71. The van der Waals surface area contributed by atoms with Crippen LogP contribution in [-0.2, 0) is 9.53 Å². The maximum absolute atomic E-state index is 12.3. The second-order valence-electron chi connectivity index (χ2n) is 10.8. The zero-order valence-electron chi connectivity index (χ0n) is 21.1. The minimum absolute atomic E-state index is 0.235. The van der Waals surface area contributed by atoms with Crippen LogP contribution < -0.4 is 4.90 Å². The Balaban J connectivity index is 1.43. The molecule has 4 atom stereocenters. The third-order valence-corrected chi connectivity index (χ3v) is 8.81. The van der Waals surface area contributed by atoms with Crippen LogP contribution in [0.3, 0.4) is 0 Å². The van der Waals surface area contributed by atoms with Crippen LogP contribution in [-0.4, -0.2) is 65.4 Å². The van der Waals surface area contributed by atoms with Crippen LogP contribution in [0.15, 0.2) is 29.3 Å². The van der Waals surface area contributed by atoms with Gasteiger partial charge in [0.2, 0.25) is 5.91 Å². The van der Waals surface area contributed by atoms with E-state index in [-0.39, 0.29) is 17.9 Å². The van der Waals surface area contributed by atoms with Gasteiger partial charge in [-0.05, 0) is 50.5 Å². The number of aliphatic imine (C=N–C) groups is 1. The van der Waals surface area contributed by atoms with Crippen molar-refractivity contribution in [1.82, 2.24) is 14.9 Å². The quantitative estimate of drug-likeness (QED) is 0.587. The molecule has 1 amide bonds. The lowest BCUT2D eigenvalue weighted by Crippen LogP contribution is -2.51. The molecule has 3 saturated heterocycles. The Morgan fingerprint density at radius 3 is 2.83 bits per heavy atom. The lowest BCUT2D eigenvalue weighted by Gasteiger charge is -2.38. The number of aryl methyl sites for hydroxylation is 1. The molecule has 3 fully saturated rings. The van der Waals surface area contributed by atoms with Crippen LogP contribution in [0.25, 0.3) is 0 Å². The van der Waals surface area contributed by atoms with Crippen molar-refractivity contribution in [1.29, 1.82) is 0 Å². The number of aromatic nitrogens is 2. The van der Waals surface area contributed by atoms with Gasteiger partial charge in [0.25, 0.3) is 0 Å². The van der Waals surface area contributed by atoms with E-state index in [0.29, 0.717) is 18.3 Å². The number of amides is 1. The number of carbonyl (C=O) groups is 1. The molecule has 0 aliphatic carbocycles. The van der Waals surface area contributed by atoms with Gasteiger partial charge in [-0.2, -0.15) is 0 Å². The van der Waals surface area contributed by atoms with Crippen molar-refractivity contribution in [2.75, 3.05) is 37.7 Å². The van der Waals surface area contributed by atoms with E-state index in [1.807, 2.05) is 30.0 Å². The molecule has 5 heterocycles. The number of fused-ring (bicyclic) bond motifs is 2. The summed E-state index contributed by atoms with van der Waals surface area (Å²) in [6.07, 6.45) is 4.62. The third-order valence-electron chi connectivity index (χ3n) is 8.48. The highest BCUT2D eigenvalue weighted by Gasteiger charge is 2.38. The minimum Gasteiger partial charge on any atom is -0.381 e. The molecule has 36 heavy (non-hydrogen) atoms. The van der Waals surface area contributed by atoms with Crippen molar-refractivity contribution in [3.63, 3.8) is 0 Å². The number of piperazine rings is 1. The molecular weight excluding hydrogens is 474 g/mol. The molecule has 4 aliphatic rings. The molecule has 0 saturated carbocycles. The number of nitrogens with zero attached hydrogens (tertiary/aromatic N) is 5. The van der Waals surface area contributed by atoms with Crippen molar-refractivity contribution in [2.24, 2.45) is 16.8 Å². The standard InChI is InChI=1S/C28H34ClN5O2/c1-17-20(13-19-9-12-36-16-19)14-24(22-5-3-4-6-23(22)29)32-27-26(17)30-18(2)31-28(27)33-10-11-34-21(15-33)7-8-25(34)35/h3-6,17,19-21H,7-16H2,1-2H3. The van der Waals surface area contributed by atoms with Crippen LogP contribution in [0.2, 0.25) is 5.02 Å². The van der Waals surface area contributed by atoms with E-state index < -0.39 is 0 Å². The van der Waals surface area contributed by atoms with Gasteiger partial charge in [0.1, 0.15) is 11.5 Å². The summed E-state index contributed by atoms with van der Waals surface area (Å²) >= 11 is 6.70. The maximum atomic E-state index is 12.3. The molecule has 1 aromatic carbocycles. The fourth-order valence-electron chi connectivity index (χ4n) is 6.45. The summed E-state index contributed by atoms with van der Waals surface area (Å²) in [6.45, 7) is 8.27. The molecule has 4 unspecified atom stereocenters. The molecule has 190 valence electrons. The fraction of sp³-hybridized carbons (Fsp3) is 0.571.